The molecule has 2 aromatic rings. The predicted octanol–water partition coefficient (Wildman–Crippen LogP) is 3.93. The Balaban J connectivity index is 1.73. The molecule has 1 N–H and O–H groups in total. The maximum absolute atomic E-state index is 12.5. The summed E-state index contributed by atoms with van der Waals surface area (Å²) < 4.78 is 1.81. The van der Waals surface area contributed by atoms with Gasteiger partial charge in [0.05, 0.1) is 11.2 Å². The molecule has 0 unspecified atom stereocenters. The van der Waals surface area contributed by atoms with Crippen LogP contribution in [0.1, 0.15) is 27.2 Å². The van der Waals surface area contributed by atoms with Crippen molar-refractivity contribution in [2.45, 2.75) is 32.7 Å². The van der Waals surface area contributed by atoms with Gasteiger partial charge in [-0.1, -0.05) is 30.3 Å². The lowest BCUT2D eigenvalue weighted by atomic mass is 9.96. The first kappa shape index (κ1) is 20.1. The molecule has 0 saturated carbocycles. The van der Waals surface area contributed by atoms with Crippen LogP contribution in [0.3, 0.4) is 0 Å². The van der Waals surface area contributed by atoms with Crippen molar-refractivity contribution < 1.29 is 9.59 Å². The second-order valence-electron chi connectivity index (χ2n) is 8.07. The summed E-state index contributed by atoms with van der Waals surface area (Å²) >= 11 is 6.10. The molecule has 1 aliphatic rings. The summed E-state index contributed by atoms with van der Waals surface area (Å²) in [7, 11) is 0. The van der Waals surface area contributed by atoms with Crippen molar-refractivity contribution in [1.82, 2.24) is 14.7 Å². The average Bonchev–Trinajstić information content (AvgIpc) is 3.01. The van der Waals surface area contributed by atoms with Gasteiger partial charge >= 0.3 is 0 Å². The molecule has 1 saturated heterocycles. The van der Waals surface area contributed by atoms with Crippen LogP contribution >= 0.6 is 11.6 Å². The van der Waals surface area contributed by atoms with Crippen molar-refractivity contribution in [2.75, 3.05) is 18.4 Å². The van der Waals surface area contributed by atoms with Gasteiger partial charge in [-0.25, -0.2) is 4.68 Å². The van der Waals surface area contributed by atoms with Gasteiger partial charge < -0.3 is 10.2 Å². The van der Waals surface area contributed by atoms with Gasteiger partial charge in [-0.2, -0.15) is 5.10 Å². The number of amides is 2. The zero-order valence-corrected chi connectivity index (χ0v) is 17.2. The molecule has 1 aliphatic heterocycles. The van der Waals surface area contributed by atoms with E-state index < -0.39 is 0 Å². The van der Waals surface area contributed by atoms with E-state index in [-0.39, 0.29) is 23.3 Å². The minimum atomic E-state index is -0.302. The molecule has 0 atom stereocenters. The number of hydrogen-bond donors (Lipinski definition) is 1. The van der Waals surface area contributed by atoms with Gasteiger partial charge in [0.25, 0.3) is 0 Å². The molecule has 0 bridgehead atoms. The Morgan fingerprint density at radius 3 is 2.64 bits per heavy atom. The normalized spacial score (nSPS) is 14.5. The van der Waals surface area contributed by atoms with E-state index in [1.54, 1.807) is 4.90 Å². The molecule has 0 aliphatic carbocycles. The van der Waals surface area contributed by atoms with Crippen LogP contribution in [0, 0.1) is 5.92 Å². The van der Waals surface area contributed by atoms with Gasteiger partial charge in [0.2, 0.25) is 11.8 Å². The Hall–Kier alpha value is -2.60. The number of anilines is 1. The minimum Gasteiger partial charge on any atom is -0.338 e. The van der Waals surface area contributed by atoms with E-state index in [0.29, 0.717) is 30.4 Å². The number of carbonyl (C=O) groups excluding carboxylic acids is 2. The Morgan fingerprint density at radius 1 is 1.32 bits per heavy atom. The Kier molecular flexibility index (Phi) is 5.61. The smallest absolute Gasteiger partial charge is 0.245 e. The van der Waals surface area contributed by atoms with E-state index in [2.05, 4.69) is 17.0 Å². The van der Waals surface area contributed by atoms with Crippen LogP contribution in [0.4, 0.5) is 5.82 Å². The molecule has 3 rings (SSSR count). The minimum absolute atomic E-state index is 0.0845. The molecule has 0 radical (unpaired) electrons. The molecule has 2 amide bonds. The molecule has 6 nitrogen and oxygen atoms in total. The Bertz CT molecular complexity index is 907. The number of nitrogens with one attached hydrogen (secondary N) is 1. The van der Waals surface area contributed by atoms with E-state index >= 15 is 0 Å². The van der Waals surface area contributed by atoms with Crippen molar-refractivity contribution in [1.29, 1.82) is 0 Å². The van der Waals surface area contributed by atoms with Gasteiger partial charge in [-0.3, -0.25) is 9.59 Å². The molecule has 28 heavy (non-hydrogen) atoms. The average molecular weight is 401 g/mol. The monoisotopic (exact) mass is 400 g/mol. The SMILES string of the molecule is C=CC(=O)N1CC(CC(=O)Nc2cc(-c3cccc(Cl)c3)nn2C(C)(C)C)C1. The molecule has 0 spiro atoms. The lowest BCUT2D eigenvalue weighted by Gasteiger charge is -2.38. The van der Waals surface area contributed by atoms with Crippen LogP contribution in [0.15, 0.2) is 43.0 Å². The number of carbonyl (C=O) groups is 2. The highest BCUT2D eigenvalue weighted by molar-refractivity contribution is 6.30. The first-order valence-electron chi connectivity index (χ1n) is 9.25. The van der Waals surface area contributed by atoms with Gasteiger partial charge in [-0.05, 0) is 39.0 Å². The fourth-order valence-electron chi connectivity index (χ4n) is 3.23. The summed E-state index contributed by atoms with van der Waals surface area (Å²) in [5.41, 5.74) is 1.34. The second kappa shape index (κ2) is 7.80. The number of aromatic nitrogens is 2. The van der Waals surface area contributed by atoms with Gasteiger partial charge in [0.1, 0.15) is 5.82 Å². The van der Waals surface area contributed by atoms with E-state index in [1.807, 2.05) is 55.8 Å². The highest BCUT2D eigenvalue weighted by Crippen LogP contribution is 2.29. The van der Waals surface area contributed by atoms with Crippen molar-refractivity contribution in [3.05, 3.63) is 48.0 Å². The van der Waals surface area contributed by atoms with Gasteiger partial charge in [0.15, 0.2) is 0 Å². The van der Waals surface area contributed by atoms with Crippen LogP contribution in [0.25, 0.3) is 11.3 Å². The number of halogens is 1. The standard InChI is InChI=1S/C21H25ClN4O2/c1-5-20(28)25-12-14(13-25)9-19(27)23-18-11-17(24-26(18)21(2,3)4)15-7-6-8-16(22)10-15/h5-8,10-11,14H,1,9,12-13H2,2-4H3,(H,23,27). The zero-order valence-electron chi connectivity index (χ0n) is 16.4. The largest absolute Gasteiger partial charge is 0.338 e. The Morgan fingerprint density at radius 2 is 2.04 bits per heavy atom. The lowest BCUT2D eigenvalue weighted by molar-refractivity contribution is -0.134. The molecule has 2 heterocycles. The maximum atomic E-state index is 12.5. The van der Waals surface area contributed by atoms with Crippen LogP contribution in [0.5, 0.6) is 0 Å². The summed E-state index contributed by atoms with van der Waals surface area (Å²) in [6.07, 6.45) is 1.66. The summed E-state index contributed by atoms with van der Waals surface area (Å²) in [6, 6.07) is 9.34. The van der Waals surface area contributed by atoms with Gasteiger partial charge in [-0.15, -0.1) is 0 Å². The molecule has 148 valence electrons. The van der Waals surface area contributed by atoms with E-state index in [0.717, 1.165) is 11.3 Å². The molecule has 1 fully saturated rings. The third-order valence-electron chi connectivity index (χ3n) is 4.65. The van der Waals surface area contributed by atoms with E-state index in [1.165, 1.54) is 6.08 Å². The Labute approximate surface area is 170 Å². The number of nitrogens with zero attached hydrogens (tertiary/aromatic N) is 3. The first-order chi connectivity index (χ1) is 13.2. The topological polar surface area (TPSA) is 67.2 Å². The summed E-state index contributed by atoms with van der Waals surface area (Å²) in [5.74, 6) is 0.639. The lowest BCUT2D eigenvalue weighted by Crippen LogP contribution is -2.50. The predicted molar refractivity (Wildman–Crippen MR) is 111 cm³/mol. The highest BCUT2D eigenvalue weighted by Gasteiger charge is 2.31. The van der Waals surface area contributed by atoms with Crippen LogP contribution < -0.4 is 5.32 Å². The number of hydrogen-bond acceptors (Lipinski definition) is 3. The van der Waals surface area contributed by atoms with Crippen LogP contribution in [-0.2, 0) is 15.1 Å². The van der Waals surface area contributed by atoms with Crippen molar-refractivity contribution >= 4 is 29.2 Å². The third kappa shape index (κ3) is 4.44. The number of rotatable bonds is 5. The number of benzene rings is 1. The molecule has 7 heteroatoms. The third-order valence-corrected chi connectivity index (χ3v) is 4.89. The maximum Gasteiger partial charge on any atom is 0.245 e. The summed E-state index contributed by atoms with van der Waals surface area (Å²) in [5, 5.41) is 8.30. The van der Waals surface area contributed by atoms with E-state index in [9.17, 15) is 9.59 Å². The summed E-state index contributed by atoms with van der Waals surface area (Å²) in [4.78, 5) is 25.7. The molecular weight excluding hydrogens is 376 g/mol. The fourth-order valence-corrected chi connectivity index (χ4v) is 3.42. The number of likely N-dealkylation sites (tertiary alicyclic amines) is 1. The molecular formula is C21H25ClN4O2. The summed E-state index contributed by atoms with van der Waals surface area (Å²) in [6.45, 7) is 10.7. The van der Waals surface area contributed by atoms with Gasteiger partial charge in [0, 0.05) is 42.1 Å². The van der Waals surface area contributed by atoms with Crippen molar-refractivity contribution in [3.8, 4) is 11.3 Å². The fraction of sp³-hybridized carbons (Fsp3) is 0.381. The first-order valence-corrected chi connectivity index (χ1v) is 9.63. The van der Waals surface area contributed by atoms with Crippen molar-refractivity contribution in [3.63, 3.8) is 0 Å². The van der Waals surface area contributed by atoms with Crippen molar-refractivity contribution in [2.24, 2.45) is 5.92 Å². The molecule has 1 aromatic carbocycles. The highest BCUT2D eigenvalue weighted by atomic mass is 35.5. The molecule has 1 aromatic heterocycles. The van der Waals surface area contributed by atoms with E-state index in [4.69, 9.17) is 11.6 Å². The van der Waals surface area contributed by atoms with Crippen LogP contribution in [0.2, 0.25) is 5.02 Å². The quantitative estimate of drug-likeness (QED) is 0.773. The van der Waals surface area contributed by atoms with Crippen LogP contribution in [-0.4, -0.2) is 39.6 Å². The second-order valence-corrected chi connectivity index (χ2v) is 8.51. The zero-order chi connectivity index (χ0) is 20.5.